The summed E-state index contributed by atoms with van der Waals surface area (Å²) >= 11 is 0. The number of aromatic nitrogens is 2. The minimum Gasteiger partial charge on any atom is -0.342 e. The molecule has 1 fully saturated rings. The van der Waals surface area contributed by atoms with E-state index in [1.165, 1.54) is 6.07 Å². The van der Waals surface area contributed by atoms with Crippen molar-refractivity contribution in [2.24, 2.45) is 0 Å². The number of carbonyl (C=O) groups excluding carboxylic acids is 1. The Morgan fingerprint density at radius 3 is 2.59 bits per heavy atom. The van der Waals surface area contributed by atoms with Gasteiger partial charge in [0.15, 0.2) is 0 Å². The second-order valence-corrected chi connectivity index (χ2v) is 5.78. The topological polar surface area (TPSA) is 38.1 Å². The zero-order valence-electron chi connectivity index (χ0n) is 13.0. The Morgan fingerprint density at radius 2 is 1.91 bits per heavy atom. The molecule has 5 heteroatoms. The van der Waals surface area contributed by atoms with Gasteiger partial charge in [-0.05, 0) is 38.8 Å². The van der Waals surface area contributed by atoms with Crippen molar-refractivity contribution in [1.29, 1.82) is 0 Å². The summed E-state index contributed by atoms with van der Waals surface area (Å²) in [5, 5.41) is 4.43. The van der Waals surface area contributed by atoms with E-state index in [1.54, 1.807) is 22.9 Å². The molecule has 2 aromatic rings. The fourth-order valence-corrected chi connectivity index (χ4v) is 3.02. The summed E-state index contributed by atoms with van der Waals surface area (Å²) in [5.41, 5.74) is 2.94. The number of amides is 1. The van der Waals surface area contributed by atoms with Gasteiger partial charge in [-0.15, -0.1) is 0 Å². The van der Waals surface area contributed by atoms with E-state index in [2.05, 4.69) is 5.10 Å². The Labute approximate surface area is 129 Å². The molecule has 1 aliphatic rings. The largest absolute Gasteiger partial charge is 0.342 e. The fraction of sp³-hybridized carbons (Fsp3) is 0.412. The Balaban J connectivity index is 1.90. The van der Waals surface area contributed by atoms with Gasteiger partial charge in [0.2, 0.25) is 5.91 Å². The Bertz CT molecular complexity index is 702. The monoisotopic (exact) mass is 301 g/mol. The summed E-state index contributed by atoms with van der Waals surface area (Å²) in [4.78, 5) is 14.2. The van der Waals surface area contributed by atoms with Gasteiger partial charge in [-0.25, -0.2) is 9.07 Å². The number of para-hydroxylation sites is 1. The third-order valence-electron chi connectivity index (χ3n) is 4.31. The van der Waals surface area contributed by atoms with Gasteiger partial charge in [0.25, 0.3) is 0 Å². The van der Waals surface area contributed by atoms with Gasteiger partial charge in [-0.1, -0.05) is 12.1 Å². The lowest BCUT2D eigenvalue weighted by molar-refractivity contribution is -0.129. The SMILES string of the molecule is Cc1nn(-c2ccccc2F)c(C)c1CC(=O)N1CCCC1. The third kappa shape index (κ3) is 2.63. The molecule has 1 aromatic carbocycles. The molecule has 116 valence electrons. The van der Waals surface area contributed by atoms with Crippen LogP contribution in [0.2, 0.25) is 0 Å². The molecule has 0 radical (unpaired) electrons. The molecule has 0 aliphatic carbocycles. The summed E-state index contributed by atoms with van der Waals surface area (Å²) in [7, 11) is 0. The van der Waals surface area contributed by atoms with Crippen LogP contribution in [0.3, 0.4) is 0 Å². The number of benzene rings is 1. The predicted octanol–water partition coefficient (Wildman–Crippen LogP) is 2.79. The minimum absolute atomic E-state index is 0.136. The lowest BCUT2D eigenvalue weighted by Gasteiger charge is -2.15. The second kappa shape index (κ2) is 5.91. The second-order valence-electron chi connectivity index (χ2n) is 5.78. The Morgan fingerprint density at radius 1 is 1.23 bits per heavy atom. The summed E-state index contributed by atoms with van der Waals surface area (Å²) < 4.78 is 15.6. The number of likely N-dealkylation sites (tertiary alicyclic amines) is 1. The molecule has 0 bridgehead atoms. The van der Waals surface area contributed by atoms with E-state index >= 15 is 0 Å². The zero-order valence-corrected chi connectivity index (χ0v) is 13.0. The number of aryl methyl sites for hydroxylation is 1. The molecular formula is C17H20FN3O. The standard InChI is InChI=1S/C17H20FN3O/c1-12-14(11-17(22)20-9-5-6-10-20)13(2)21(19-12)16-8-4-3-7-15(16)18/h3-4,7-8H,5-6,9-11H2,1-2H3. The minimum atomic E-state index is -0.314. The highest BCUT2D eigenvalue weighted by Crippen LogP contribution is 2.21. The van der Waals surface area contributed by atoms with Crippen LogP contribution in [-0.2, 0) is 11.2 Å². The first-order valence-electron chi connectivity index (χ1n) is 7.65. The molecule has 2 heterocycles. The number of rotatable bonds is 3. The van der Waals surface area contributed by atoms with Crippen molar-refractivity contribution in [3.63, 3.8) is 0 Å². The molecular weight excluding hydrogens is 281 g/mol. The molecule has 4 nitrogen and oxygen atoms in total. The first kappa shape index (κ1) is 14.8. The molecule has 0 saturated carbocycles. The third-order valence-corrected chi connectivity index (χ3v) is 4.31. The van der Waals surface area contributed by atoms with Crippen molar-refractivity contribution in [2.75, 3.05) is 13.1 Å². The Hall–Kier alpha value is -2.17. The van der Waals surface area contributed by atoms with Gasteiger partial charge < -0.3 is 4.90 Å². The molecule has 22 heavy (non-hydrogen) atoms. The highest BCUT2D eigenvalue weighted by molar-refractivity contribution is 5.79. The zero-order chi connectivity index (χ0) is 15.7. The van der Waals surface area contributed by atoms with Crippen molar-refractivity contribution in [3.05, 3.63) is 47.0 Å². The van der Waals surface area contributed by atoms with Crippen molar-refractivity contribution < 1.29 is 9.18 Å². The van der Waals surface area contributed by atoms with E-state index < -0.39 is 0 Å². The molecule has 1 amide bonds. The smallest absolute Gasteiger partial charge is 0.227 e. The number of nitrogens with zero attached hydrogens (tertiary/aromatic N) is 3. The van der Waals surface area contributed by atoms with E-state index in [9.17, 15) is 9.18 Å². The first-order valence-corrected chi connectivity index (χ1v) is 7.65. The van der Waals surface area contributed by atoms with E-state index in [-0.39, 0.29) is 11.7 Å². The predicted molar refractivity (Wildman–Crippen MR) is 82.5 cm³/mol. The lowest BCUT2D eigenvalue weighted by Crippen LogP contribution is -2.29. The van der Waals surface area contributed by atoms with E-state index in [4.69, 9.17) is 0 Å². The van der Waals surface area contributed by atoms with Crippen molar-refractivity contribution in [1.82, 2.24) is 14.7 Å². The van der Waals surface area contributed by atoms with Crippen LogP contribution in [0.15, 0.2) is 24.3 Å². The molecule has 1 aliphatic heterocycles. The summed E-state index contributed by atoms with van der Waals surface area (Å²) in [6.45, 7) is 5.45. The van der Waals surface area contributed by atoms with Crippen molar-refractivity contribution in [3.8, 4) is 5.69 Å². The van der Waals surface area contributed by atoms with Gasteiger partial charge >= 0.3 is 0 Å². The Kier molecular flexibility index (Phi) is 3.96. The van der Waals surface area contributed by atoms with Crippen molar-refractivity contribution in [2.45, 2.75) is 33.1 Å². The van der Waals surface area contributed by atoms with Crippen LogP contribution in [0.1, 0.15) is 29.8 Å². The lowest BCUT2D eigenvalue weighted by atomic mass is 10.1. The normalized spacial score (nSPS) is 14.6. The van der Waals surface area contributed by atoms with Crippen LogP contribution in [-0.4, -0.2) is 33.7 Å². The molecule has 0 unspecified atom stereocenters. The molecule has 1 saturated heterocycles. The van der Waals surface area contributed by atoms with Gasteiger partial charge in [-0.2, -0.15) is 5.10 Å². The van der Waals surface area contributed by atoms with Gasteiger partial charge in [0.1, 0.15) is 11.5 Å². The van der Waals surface area contributed by atoms with E-state index in [0.29, 0.717) is 12.1 Å². The quantitative estimate of drug-likeness (QED) is 0.874. The maximum absolute atomic E-state index is 14.0. The highest BCUT2D eigenvalue weighted by Gasteiger charge is 2.22. The molecule has 1 aromatic heterocycles. The summed E-state index contributed by atoms with van der Waals surface area (Å²) in [5.74, 6) is -0.178. The highest BCUT2D eigenvalue weighted by atomic mass is 19.1. The van der Waals surface area contributed by atoms with E-state index in [0.717, 1.165) is 42.9 Å². The maximum atomic E-state index is 14.0. The number of carbonyl (C=O) groups is 1. The van der Waals surface area contributed by atoms with Crippen LogP contribution in [0, 0.1) is 19.7 Å². The number of hydrogen-bond acceptors (Lipinski definition) is 2. The van der Waals surface area contributed by atoms with Gasteiger partial charge in [-0.3, -0.25) is 4.79 Å². The fourth-order valence-electron chi connectivity index (χ4n) is 3.02. The van der Waals surface area contributed by atoms with Crippen LogP contribution >= 0.6 is 0 Å². The van der Waals surface area contributed by atoms with E-state index in [1.807, 2.05) is 18.7 Å². The molecule has 3 rings (SSSR count). The van der Waals surface area contributed by atoms with Crippen LogP contribution in [0.5, 0.6) is 0 Å². The molecule has 0 spiro atoms. The molecule has 0 atom stereocenters. The first-order chi connectivity index (χ1) is 10.6. The average Bonchev–Trinajstić information content (AvgIpc) is 3.12. The van der Waals surface area contributed by atoms with Crippen LogP contribution in [0.4, 0.5) is 4.39 Å². The number of halogens is 1. The maximum Gasteiger partial charge on any atom is 0.227 e. The number of hydrogen-bond donors (Lipinski definition) is 0. The average molecular weight is 301 g/mol. The molecule has 0 N–H and O–H groups in total. The van der Waals surface area contributed by atoms with Crippen LogP contribution < -0.4 is 0 Å². The summed E-state index contributed by atoms with van der Waals surface area (Å²) in [6.07, 6.45) is 2.50. The van der Waals surface area contributed by atoms with Gasteiger partial charge in [0, 0.05) is 24.3 Å². The van der Waals surface area contributed by atoms with Crippen LogP contribution in [0.25, 0.3) is 5.69 Å². The summed E-state index contributed by atoms with van der Waals surface area (Å²) in [6, 6.07) is 6.55. The van der Waals surface area contributed by atoms with Crippen molar-refractivity contribution >= 4 is 5.91 Å². The van der Waals surface area contributed by atoms with Gasteiger partial charge in [0.05, 0.1) is 12.1 Å².